The largest absolute Gasteiger partial charge is 0.476 e. The van der Waals surface area contributed by atoms with Crippen LogP contribution in [0.1, 0.15) is 32.0 Å². The summed E-state index contributed by atoms with van der Waals surface area (Å²) >= 11 is 0. The number of carboxylic acid groups (broad SMARTS) is 1. The Hall–Kier alpha value is -2.76. The molecule has 1 aromatic heterocycles. The number of anilines is 1. The van der Waals surface area contributed by atoms with Gasteiger partial charge < -0.3 is 10.4 Å². The maximum Gasteiger partial charge on any atom is 0.358 e. The van der Waals surface area contributed by atoms with Gasteiger partial charge in [0.1, 0.15) is 0 Å². The number of nitrogens with zero attached hydrogens (tertiary/aromatic N) is 2. The summed E-state index contributed by atoms with van der Waals surface area (Å²) in [6.07, 6.45) is 2.59. The van der Waals surface area contributed by atoms with E-state index in [1.165, 1.54) is 12.4 Å². The number of carbonyl (C=O) groups is 2. The molecule has 0 fully saturated rings. The van der Waals surface area contributed by atoms with E-state index in [1.807, 2.05) is 32.0 Å². The number of aromatic carboxylic acids is 1. The van der Waals surface area contributed by atoms with Crippen LogP contribution in [0.5, 0.6) is 0 Å². The first-order chi connectivity index (χ1) is 9.50. The molecule has 2 aromatic rings. The fraction of sp³-hybridized carbons (Fsp3) is 0.143. The van der Waals surface area contributed by atoms with Gasteiger partial charge in [0.2, 0.25) is 0 Å². The molecule has 0 spiro atoms. The Labute approximate surface area is 115 Å². The van der Waals surface area contributed by atoms with Gasteiger partial charge in [0.25, 0.3) is 5.91 Å². The van der Waals surface area contributed by atoms with Gasteiger partial charge in [0.15, 0.2) is 11.5 Å². The number of aromatic nitrogens is 2. The minimum Gasteiger partial charge on any atom is -0.476 e. The minimum absolute atomic E-state index is 0.0624. The molecule has 6 heteroatoms. The van der Waals surface area contributed by atoms with E-state index in [0.717, 1.165) is 11.1 Å². The Morgan fingerprint density at radius 2 is 1.70 bits per heavy atom. The third kappa shape index (κ3) is 2.64. The first-order valence-corrected chi connectivity index (χ1v) is 5.92. The van der Waals surface area contributed by atoms with Gasteiger partial charge >= 0.3 is 5.97 Å². The quantitative estimate of drug-likeness (QED) is 0.891. The van der Waals surface area contributed by atoms with Crippen molar-refractivity contribution in [2.24, 2.45) is 0 Å². The molecule has 0 aliphatic heterocycles. The van der Waals surface area contributed by atoms with Gasteiger partial charge in [0, 0.05) is 18.0 Å². The summed E-state index contributed by atoms with van der Waals surface area (Å²) in [6.45, 7) is 3.63. The standard InChI is InChI=1S/C14H13N3O3/c1-8-4-3-5-9(2)10(8)13(18)17-12-11(14(19)20)15-6-7-16-12/h3-7H,1-2H3,(H,19,20)(H,16,17,18). The Morgan fingerprint density at radius 3 is 2.30 bits per heavy atom. The molecule has 0 bridgehead atoms. The van der Waals surface area contributed by atoms with Crippen molar-refractivity contribution in [3.05, 3.63) is 53.0 Å². The molecule has 20 heavy (non-hydrogen) atoms. The highest BCUT2D eigenvalue weighted by Crippen LogP contribution is 2.16. The van der Waals surface area contributed by atoms with Gasteiger partial charge in [0.05, 0.1) is 0 Å². The van der Waals surface area contributed by atoms with Crippen LogP contribution in [0.3, 0.4) is 0 Å². The van der Waals surface area contributed by atoms with E-state index in [1.54, 1.807) is 0 Å². The maximum absolute atomic E-state index is 12.3. The van der Waals surface area contributed by atoms with Crippen molar-refractivity contribution in [3.63, 3.8) is 0 Å². The van der Waals surface area contributed by atoms with E-state index in [4.69, 9.17) is 5.11 Å². The normalized spacial score (nSPS) is 10.1. The third-order valence-corrected chi connectivity index (χ3v) is 2.84. The van der Waals surface area contributed by atoms with Crippen LogP contribution in [0.25, 0.3) is 0 Å². The predicted octanol–water partition coefficient (Wildman–Crippen LogP) is 2.04. The number of carbonyl (C=O) groups excluding carboxylic acids is 1. The molecule has 0 atom stereocenters. The van der Waals surface area contributed by atoms with Crippen LogP contribution >= 0.6 is 0 Å². The molecule has 0 radical (unpaired) electrons. The monoisotopic (exact) mass is 271 g/mol. The van der Waals surface area contributed by atoms with Crippen LogP contribution in [0.15, 0.2) is 30.6 Å². The van der Waals surface area contributed by atoms with Gasteiger partial charge in [-0.2, -0.15) is 0 Å². The highest BCUT2D eigenvalue weighted by Gasteiger charge is 2.18. The summed E-state index contributed by atoms with van der Waals surface area (Å²) in [5.41, 5.74) is 1.84. The zero-order valence-corrected chi connectivity index (χ0v) is 11.0. The second-order valence-electron chi connectivity index (χ2n) is 4.28. The number of hydrogen-bond donors (Lipinski definition) is 2. The predicted molar refractivity (Wildman–Crippen MR) is 72.9 cm³/mol. The molecule has 102 valence electrons. The van der Waals surface area contributed by atoms with Crippen molar-refractivity contribution in [1.29, 1.82) is 0 Å². The molecule has 0 unspecified atom stereocenters. The molecule has 1 heterocycles. The summed E-state index contributed by atoms with van der Waals surface area (Å²) in [4.78, 5) is 30.8. The van der Waals surface area contributed by atoms with Crippen molar-refractivity contribution in [3.8, 4) is 0 Å². The Balaban J connectivity index is 2.36. The zero-order chi connectivity index (χ0) is 14.7. The summed E-state index contributed by atoms with van der Waals surface area (Å²) in [5, 5.41) is 11.5. The van der Waals surface area contributed by atoms with Crippen LogP contribution in [0, 0.1) is 13.8 Å². The SMILES string of the molecule is Cc1cccc(C)c1C(=O)Nc1nccnc1C(=O)O. The van der Waals surface area contributed by atoms with Gasteiger partial charge in [-0.05, 0) is 25.0 Å². The third-order valence-electron chi connectivity index (χ3n) is 2.84. The average Bonchev–Trinajstić information content (AvgIpc) is 2.38. The van der Waals surface area contributed by atoms with E-state index in [9.17, 15) is 9.59 Å². The van der Waals surface area contributed by atoms with Crippen molar-refractivity contribution in [1.82, 2.24) is 9.97 Å². The summed E-state index contributed by atoms with van der Waals surface area (Å²) in [5.74, 6) is -1.70. The Morgan fingerprint density at radius 1 is 1.10 bits per heavy atom. The van der Waals surface area contributed by atoms with E-state index >= 15 is 0 Å². The molecule has 1 aromatic carbocycles. The zero-order valence-electron chi connectivity index (χ0n) is 11.0. The van der Waals surface area contributed by atoms with Gasteiger partial charge in [-0.25, -0.2) is 14.8 Å². The minimum atomic E-state index is -1.24. The van der Waals surface area contributed by atoms with Crippen LogP contribution in [-0.4, -0.2) is 27.0 Å². The fourth-order valence-corrected chi connectivity index (χ4v) is 1.93. The average molecular weight is 271 g/mol. The number of nitrogens with one attached hydrogen (secondary N) is 1. The fourth-order valence-electron chi connectivity index (χ4n) is 1.93. The molecule has 2 N–H and O–H groups in total. The smallest absolute Gasteiger partial charge is 0.358 e. The van der Waals surface area contributed by atoms with Crippen molar-refractivity contribution < 1.29 is 14.7 Å². The van der Waals surface area contributed by atoms with E-state index in [2.05, 4.69) is 15.3 Å². The van der Waals surface area contributed by atoms with E-state index < -0.39 is 11.9 Å². The van der Waals surface area contributed by atoms with Gasteiger partial charge in [-0.15, -0.1) is 0 Å². The molecule has 6 nitrogen and oxygen atoms in total. The van der Waals surface area contributed by atoms with Crippen molar-refractivity contribution >= 4 is 17.7 Å². The first kappa shape index (κ1) is 13.7. The lowest BCUT2D eigenvalue weighted by Gasteiger charge is -2.10. The summed E-state index contributed by atoms with van der Waals surface area (Å²) < 4.78 is 0. The Bertz CT molecular complexity index is 663. The van der Waals surface area contributed by atoms with Crippen LogP contribution < -0.4 is 5.32 Å². The molecule has 0 aliphatic carbocycles. The number of rotatable bonds is 3. The lowest BCUT2D eigenvalue weighted by Crippen LogP contribution is -2.18. The number of carboxylic acids is 1. The number of benzene rings is 1. The molecular weight excluding hydrogens is 258 g/mol. The van der Waals surface area contributed by atoms with Crippen LogP contribution in [-0.2, 0) is 0 Å². The molecular formula is C14H13N3O3. The van der Waals surface area contributed by atoms with E-state index in [0.29, 0.717) is 5.56 Å². The topological polar surface area (TPSA) is 92.2 Å². The molecule has 0 saturated heterocycles. The van der Waals surface area contributed by atoms with Crippen LogP contribution in [0.2, 0.25) is 0 Å². The molecule has 0 saturated carbocycles. The summed E-state index contributed by atoms with van der Waals surface area (Å²) in [7, 11) is 0. The van der Waals surface area contributed by atoms with Gasteiger partial charge in [-0.3, -0.25) is 4.79 Å². The maximum atomic E-state index is 12.3. The molecule has 1 amide bonds. The lowest BCUT2D eigenvalue weighted by atomic mass is 10.0. The lowest BCUT2D eigenvalue weighted by molar-refractivity contribution is 0.0691. The Kier molecular flexibility index (Phi) is 3.74. The number of aryl methyl sites for hydroxylation is 2. The second kappa shape index (κ2) is 5.48. The second-order valence-corrected chi connectivity index (χ2v) is 4.28. The number of amides is 1. The van der Waals surface area contributed by atoms with E-state index in [-0.39, 0.29) is 11.5 Å². The summed E-state index contributed by atoms with van der Waals surface area (Å²) in [6, 6.07) is 5.49. The van der Waals surface area contributed by atoms with Crippen molar-refractivity contribution in [2.75, 3.05) is 5.32 Å². The molecule has 2 rings (SSSR count). The van der Waals surface area contributed by atoms with Crippen molar-refractivity contribution in [2.45, 2.75) is 13.8 Å². The van der Waals surface area contributed by atoms with Gasteiger partial charge in [-0.1, -0.05) is 18.2 Å². The highest BCUT2D eigenvalue weighted by atomic mass is 16.4. The first-order valence-electron chi connectivity index (χ1n) is 5.92. The number of hydrogen-bond acceptors (Lipinski definition) is 4. The van der Waals surface area contributed by atoms with Crippen LogP contribution in [0.4, 0.5) is 5.82 Å². The molecule has 0 aliphatic rings. The highest BCUT2D eigenvalue weighted by molar-refractivity contribution is 6.07.